The molecule has 506 valence electrons. The predicted octanol–water partition coefficient (Wildman–Crippen LogP) is 22.8. The van der Waals surface area contributed by atoms with Crippen LogP contribution in [0.4, 0.5) is 0 Å². The van der Waals surface area contributed by atoms with E-state index in [1.807, 2.05) is 0 Å². The zero-order chi connectivity index (χ0) is 59.2. The Morgan fingerprint density at radius 1 is 0.183 bits per heavy atom. The minimum absolute atomic E-state index is 0.906. The molecule has 0 aromatic rings. The molecule has 44 aliphatic carbocycles. The van der Waals surface area contributed by atoms with Gasteiger partial charge >= 0.3 is 0 Å². The third kappa shape index (κ3) is 7.32. The highest BCUT2D eigenvalue weighted by Crippen LogP contribution is 3.01. The van der Waals surface area contributed by atoms with Crippen LogP contribution in [0.5, 0.6) is 0 Å². The van der Waals surface area contributed by atoms with E-state index in [9.17, 15) is 0 Å². The maximum absolute atomic E-state index is 1.68. The Balaban J connectivity index is 0.0000000608. The first-order chi connectivity index (χ1) is 45.9. The van der Waals surface area contributed by atoms with E-state index in [2.05, 4.69) is 0 Å². The van der Waals surface area contributed by atoms with Crippen LogP contribution in [0.3, 0.4) is 0 Å². The average molecular weight is 1250 g/mol. The number of rotatable bonds is 0. The largest absolute Gasteiger partial charge is 0.0527 e. The van der Waals surface area contributed by atoms with Crippen LogP contribution in [0, 0.1) is 288 Å². The zero-order valence-corrected chi connectivity index (χ0v) is 59.2. The van der Waals surface area contributed by atoms with Gasteiger partial charge in [-0.15, -0.1) is 0 Å². The van der Waals surface area contributed by atoms with Crippen molar-refractivity contribution in [2.45, 2.75) is 283 Å². The molecule has 0 radical (unpaired) electrons. The van der Waals surface area contributed by atoms with Crippen molar-refractivity contribution in [3.8, 4) is 0 Å². The van der Waals surface area contributed by atoms with Crippen LogP contribution in [0.1, 0.15) is 283 Å². The molecule has 19 unspecified atom stereocenters. The maximum Gasteiger partial charge on any atom is -0.0230 e. The molecular weight excluding hydrogens is 1120 g/mol. The molecule has 0 N–H and O–H groups in total. The SMILES string of the molecule is C12C3C4C1C1C2C3C41.C1C2C3CC4C5CC3C1C5C24.C1C2CC3C1C3C2.C1C2CC3CC1CC(C2)C3.C1C2CC3CC1CC3C2.C1CC2C3C(C1)C23.C1CC2C3C1C23.C1CC2CC1C1C3CCC(C3)C21.C1CC2CC3CCCC3(C1)C2.C1CCC23CC4(C1)CC2CCC43. The average Bonchev–Trinajstić information content (AvgIpc) is 1.57. The minimum Gasteiger partial charge on any atom is -0.0527 e. The summed E-state index contributed by atoms with van der Waals surface area (Å²) in [5, 5.41) is 0. The van der Waals surface area contributed by atoms with Gasteiger partial charge in [0.1, 0.15) is 0 Å². The van der Waals surface area contributed by atoms with Crippen molar-refractivity contribution >= 4 is 0 Å². The number of fused-ring (bicyclic) bond motifs is 18. The van der Waals surface area contributed by atoms with Crippen molar-refractivity contribution in [1.82, 2.24) is 0 Å². The van der Waals surface area contributed by atoms with Crippen molar-refractivity contribution in [3.63, 3.8) is 0 Å². The summed E-state index contributed by atoms with van der Waals surface area (Å²) < 4.78 is 0. The lowest BCUT2D eigenvalue weighted by atomic mass is 9.01. The molecule has 44 fully saturated rings. The van der Waals surface area contributed by atoms with Gasteiger partial charge in [0.2, 0.25) is 0 Å². The van der Waals surface area contributed by atoms with E-state index in [4.69, 9.17) is 0 Å². The van der Waals surface area contributed by atoms with E-state index in [0.29, 0.717) is 0 Å². The molecule has 28 bridgehead atoms. The van der Waals surface area contributed by atoms with E-state index < -0.39 is 0 Å². The summed E-state index contributed by atoms with van der Waals surface area (Å²) in [4.78, 5) is 0. The second kappa shape index (κ2) is 19.0. The van der Waals surface area contributed by atoms with E-state index in [1.54, 1.807) is 283 Å². The highest BCUT2D eigenvalue weighted by Gasteiger charge is 2.98. The fourth-order valence-electron chi connectivity index (χ4n) is 43.3. The smallest absolute Gasteiger partial charge is 0.0230 e. The molecule has 0 aromatic heterocycles. The number of hydrogen-bond acceptors (Lipinski definition) is 0. The van der Waals surface area contributed by atoms with Crippen molar-refractivity contribution in [1.29, 1.82) is 0 Å². The first-order valence-corrected chi connectivity index (χ1v) is 45.9. The summed E-state index contributed by atoms with van der Waals surface area (Å²) in [7, 11) is 0. The Hall–Kier alpha value is 0. The molecule has 0 heterocycles. The Morgan fingerprint density at radius 3 is 1.02 bits per heavy atom. The fraction of sp³-hybridized carbons (Fsp3) is 1.00. The molecule has 93 heavy (non-hydrogen) atoms. The molecule has 0 amide bonds. The molecule has 0 heteroatoms. The molecule has 0 nitrogen and oxygen atoms in total. The van der Waals surface area contributed by atoms with Crippen molar-refractivity contribution < 1.29 is 0 Å². The van der Waals surface area contributed by atoms with Gasteiger partial charge in [-0.25, -0.2) is 0 Å². The second-order valence-corrected chi connectivity index (χ2v) is 46.8. The van der Waals surface area contributed by atoms with E-state index in [-0.39, 0.29) is 0 Å². The number of hydrogen-bond donors (Lipinski definition) is 0. The van der Waals surface area contributed by atoms with Gasteiger partial charge in [0.15, 0.2) is 0 Å². The molecule has 2 spiro atoms. The molecule has 0 aliphatic heterocycles. The monoisotopic (exact) mass is 1250 g/mol. The molecule has 44 aliphatic rings. The van der Waals surface area contributed by atoms with Crippen LogP contribution in [-0.2, 0) is 0 Å². The third-order valence-corrected chi connectivity index (χ3v) is 45.3. The summed E-state index contributed by atoms with van der Waals surface area (Å²) in [6.45, 7) is 0. The molecule has 44 rings (SSSR count). The first-order valence-electron chi connectivity index (χ1n) is 45.9. The first kappa shape index (κ1) is 55.6. The summed E-state index contributed by atoms with van der Waals surface area (Å²) >= 11 is 0. The standard InChI is InChI=1S/2C12H18.C11H14.C11H18.C10H16.C9H14.C8H8.2C7H10.C6H8/c1-2-8-5-7(1)11-9-3-4-10(6-9)12(8)11;1-2-6-12-8-11(5-1)7-9(12)3-4-10(11)12;1-4-5-2-9-8(1)10-6(4)3-7(5)11(9)10;1-3-9-7-10-4-2-6-11(10,5-1)8-9;1-7-2-9-4-8(1)5-10(3-7)6-9;1-6-2-8-4-7(1)5-9(8)3-6;1-2-5-3(1)7-4(1)6(2)8(5)7;1-4-2-6-5(1)7(6)3-4;1-2-4-6-5(3-1)7(4)6;1-2-4-5-3(1)6(4)5/h7-12H,1-6H2;9-10H,1-8H2;4-11H,1-3H2;9-10H,1-8H2;7-10H,1-6H2;6-9H,1-5H2;1-8H;2*4-7H,1-3H2;3-6H,1-2H2. The second-order valence-electron chi connectivity index (χ2n) is 46.8. The molecule has 0 saturated heterocycles. The van der Waals surface area contributed by atoms with E-state index >= 15 is 0 Å². The zero-order valence-electron chi connectivity index (χ0n) is 59.2. The Morgan fingerprint density at radius 2 is 0.581 bits per heavy atom. The van der Waals surface area contributed by atoms with Crippen LogP contribution in [-0.4, -0.2) is 0 Å². The highest BCUT2D eigenvalue weighted by atomic mass is 15.0. The van der Waals surface area contributed by atoms with Gasteiger partial charge in [-0.3, -0.25) is 0 Å². The summed E-state index contributed by atoms with van der Waals surface area (Å²) in [6.07, 6.45) is 70.8. The molecule has 19 atom stereocenters. The van der Waals surface area contributed by atoms with Crippen LogP contribution in [0.15, 0.2) is 0 Å². The van der Waals surface area contributed by atoms with Gasteiger partial charge in [0, 0.05) is 0 Å². The van der Waals surface area contributed by atoms with Gasteiger partial charge in [-0.05, 0) is 532 Å². The molecular formula is C93H134. The van der Waals surface area contributed by atoms with Crippen LogP contribution in [0.25, 0.3) is 0 Å². The topological polar surface area (TPSA) is 0 Å². The van der Waals surface area contributed by atoms with Crippen LogP contribution < -0.4 is 0 Å². The van der Waals surface area contributed by atoms with Crippen molar-refractivity contribution in [2.75, 3.05) is 0 Å². The lowest BCUT2D eigenvalue weighted by Gasteiger charge is -3.03. The van der Waals surface area contributed by atoms with Gasteiger partial charge in [0.05, 0.1) is 0 Å². The highest BCUT2D eigenvalue weighted by molar-refractivity contribution is 5.44. The Kier molecular flexibility index (Phi) is 11.4. The Bertz CT molecular complexity index is 2660. The fourth-order valence-corrected chi connectivity index (χ4v) is 43.3. The van der Waals surface area contributed by atoms with Crippen molar-refractivity contribution in [3.05, 3.63) is 0 Å². The van der Waals surface area contributed by atoms with Gasteiger partial charge < -0.3 is 0 Å². The molecule has 44 saturated carbocycles. The van der Waals surface area contributed by atoms with Gasteiger partial charge in [-0.1, -0.05) is 38.5 Å². The van der Waals surface area contributed by atoms with E-state index in [0.717, 1.165) is 22.2 Å². The quantitative estimate of drug-likeness (QED) is 0.212. The summed E-state index contributed by atoms with van der Waals surface area (Å²) in [6, 6.07) is 0. The predicted molar refractivity (Wildman–Crippen MR) is 371 cm³/mol. The maximum atomic E-state index is 1.68. The van der Waals surface area contributed by atoms with Crippen molar-refractivity contribution in [2.24, 2.45) is 288 Å². The lowest BCUT2D eigenvalue weighted by Crippen LogP contribution is -3.00. The third-order valence-electron chi connectivity index (χ3n) is 45.3. The van der Waals surface area contributed by atoms with Gasteiger partial charge in [-0.2, -0.15) is 0 Å². The summed E-state index contributed by atoms with van der Waals surface area (Å²) in [5.74, 6) is 57.5. The molecule has 0 aromatic carbocycles. The normalized spacial score (nSPS) is 71.0. The summed E-state index contributed by atoms with van der Waals surface area (Å²) in [5.41, 5.74) is 2.78. The lowest BCUT2D eigenvalue weighted by molar-refractivity contribution is -0.565. The van der Waals surface area contributed by atoms with Crippen LogP contribution in [0.2, 0.25) is 0 Å². The van der Waals surface area contributed by atoms with Crippen LogP contribution >= 0.6 is 0 Å². The van der Waals surface area contributed by atoms with E-state index in [1.165, 1.54) is 266 Å². The Labute approximate surface area is 567 Å². The van der Waals surface area contributed by atoms with Gasteiger partial charge in [0.25, 0.3) is 0 Å². The minimum atomic E-state index is 0.906.